The van der Waals surface area contributed by atoms with Crippen LogP contribution in [0.2, 0.25) is 15.1 Å². The first-order chi connectivity index (χ1) is 37.2. The number of halogens is 3. The Labute approximate surface area is 467 Å². The number of nitrogens with zero attached hydrogens (tertiary/aromatic N) is 7. The number of β-amino-alcohol motifs (C(OH)–C–C–N with tert-alkyl or cyclic N) is 3. The normalized spacial score (nSPS) is 19.3. The Morgan fingerprint density at radius 1 is 0.623 bits per heavy atom. The molecule has 3 aromatic rings. The molecular weight excluding hydrogens is 1060 g/mol. The molecule has 426 valence electrons. The van der Waals surface area contributed by atoms with Gasteiger partial charge in [-0.25, -0.2) is 0 Å². The van der Waals surface area contributed by atoms with Crippen molar-refractivity contribution in [2.75, 3.05) is 145 Å². The van der Waals surface area contributed by atoms with Crippen LogP contribution in [0.4, 0.5) is 17.1 Å². The zero-order valence-electron chi connectivity index (χ0n) is 44.8. The zero-order valence-corrected chi connectivity index (χ0v) is 47.1. The zero-order chi connectivity index (χ0) is 55.6. The largest absolute Gasteiger partial charge is 0.494 e. The molecule has 9 rings (SSSR count). The molecule has 3 heterocycles. The number of benzene rings is 3. The van der Waals surface area contributed by atoms with Crippen molar-refractivity contribution in [3.8, 4) is 17.2 Å². The SMILES string of the molecule is COc1c(N)cc(Cl)c2c1CCC[C@H](N1CCN(CCO)CC1)C2.COc1c([N+](=O)[O-])cc(Cl)c2c1CCCC(=O)C2.COc1c([N+](=O)[O-])cc(Cl)c2c1CCCC(N1CCN(CCO)CC1)=C2.OCCN1CCNCC1. The van der Waals surface area contributed by atoms with Gasteiger partial charge in [-0.05, 0) is 81.1 Å². The maximum absolute atomic E-state index is 11.6. The van der Waals surface area contributed by atoms with Crippen LogP contribution in [0.25, 0.3) is 6.08 Å². The van der Waals surface area contributed by atoms with Crippen LogP contribution in [-0.4, -0.2) is 201 Å². The minimum absolute atomic E-state index is 0.0780. The number of nitro groups is 2. The molecule has 77 heavy (non-hydrogen) atoms. The monoisotopic (exact) mass is 1130 g/mol. The molecule has 0 saturated carbocycles. The molecule has 3 aromatic carbocycles. The smallest absolute Gasteiger partial charge is 0.312 e. The van der Waals surface area contributed by atoms with Gasteiger partial charge in [-0.3, -0.25) is 44.6 Å². The standard InChI is InChI=1S/C18H24ClN3O4.C18H28ClN3O2.C12H12ClNO4.C6H14N2O/c1-26-18-14-4-2-3-13(21-7-5-20(6-8-21)9-10-23)11-15(14)16(19)12-17(18)22(24)25;1-24-18-14-4-2-3-13(11-15(14)16(19)12-17(18)20)22-7-5-21(6-8-22)9-10-23;1-18-12-8-4-2-3-7(15)5-9(8)10(13)6-11(12)14(16)17;9-6-5-8-3-1-7-2-4-8/h11-12,23H,2-10H2,1H3;12-13,23H,2-11,20H2,1H3;6H,2-5H2,1H3;7,9H,1-6H2/t;13-;;/m.0../s1. The third kappa shape index (κ3) is 16.5. The first kappa shape index (κ1) is 61.6. The van der Waals surface area contributed by atoms with Gasteiger partial charge in [0.05, 0.1) is 66.7 Å². The molecule has 0 bridgehead atoms. The van der Waals surface area contributed by atoms with Gasteiger partial charge in [-0.2, -0.15) is 0 Å². The Morgan fingerprint density at radius 3 is 1.69 bits per heavy atom. The summed E-state index contributed by atoms with van der Waals surface area (Å²) >= 11 is 19.0. The summed E-state index contributed by atoms with van der Waals surface area (Å²) in [6.07, 6.45) is 10.7. The van der Waals surface area contributed by atoms with Crippen LogP contribution < -0.4 is 25.3 Å². The second-order valence-corrected chi connectivity index (χ2v) is 21.1. The number of rotatable bonds is 13. The number of aliphatic hydroxyl groups is 3. The minimum atomic E-state index is -0.516. The second kappa shape index (κ2) is 30.7. The van der Waals surface area contributed by atoms with Gasteiger partial charge < -0.3 is 45.5 Å². The van der Waals surface area contributed by atoms with E-state index in [1.807, 2.05) is 6.07 Å². The summed E-state index contributed by atoms with van der Waals surface area (Å²) in [7, 11) is 4.54. The van der Waals surface area contributed by atoms with Crippen molar-refractivity contribution >= 4 is 63.7 Å². The van der Waals surface area contributed by atoms with Crippen molar-refractivity contribution in [1.82, 2.24) is 29.8 Å². The molecule has 1 atom stereocenters. The molecular formula is C54H78Cl3N9O11. The van der Waals surface area contributed by atoms with E-state index >= 15 is 0 Å². The number of methoxy groups -OCH3 is 3. The number of fused-ring (bicyclic) bond motifs is 3. The first-order valence-electron chi connectivity index (χ1n) is 26.8. The summed E-state index contributed by atoms with van der Waals surface area (Å²) < 4.78 is 16.1. The number of carbonyl (C=O) groups is 1. The number of nitro benzene ring substituents is 2. The summed E-state index contributed by atoms with van der Waals surface area (Å²) in [6.45, 7) is 15.2. The fraction of sp³-hybridized carbons (Fsp3) is 0.611. The van der Waals surface area contributed by atoms with E-state index in [0.717, 1.165) is 146 Å². The van der Waals surface area contributed by atoms with Crippen LogP contribution >= 0.6 is 34.8 Å². The average Bonchev–Trinajstić information content (AvgIpc) is 3.89. The maximum atomic E-state index is 11.6. The highest BCUT2D eigenvalue weighted by Crippen LogP contribution is 2.43. The number of piperazine rings is 3. The van der Waals surface area contributed by atoms with E-state index < -0.39 is 9.85 Å². The summed E-state index contributed by atoms with van der Waals surface area (Å²) in [4.78, 5) is 44.7. The Balaban J connectivity index is 0.000000175. The van der Waals surface area contributed by atoms with Crippen molar-refractivity contribution in [3.05, 3.63) is 92.6 Å². The van der Waals surface area contributed by atoms with Gasteiger partial charge in [0.2, 0.25) is 5.75 Å². The molecule has 3 aliphatic heterocycles. The number of aliphatic hydroxyl groups excluding tert-OH is 3. The Morgan fingerprint density at radius 2 is 1.12 bits per heavy atom. The number of ether oxygens (including phenoxy) is 3. The fourth-order valence-corrected chi connectivity index (χ4v) is 12.1. The average molecular weight is 1140 g/mol. The highest BCUT2D eigenvalue weighted by molar-refractivity contribution is 6.33. The number of allylic oxidation sites excluding steroid dienone is 1. The van der Waals surface area contributed by atoms with Gasteiger partial charge in [-0.1, -0.05) is 34.8 Å². The van der Waals surface area contributed by atoms with Gasteiger partial charge in [0.25, 0.3) is 0 Å². The number of hydrogen-bond donors (Lipinski definition) is 5. The van der Waals surface area contributed by atoms with Crippen LogP contribution in [0.3, 0.4) is 0 Å². The highest BCUT2D eigenvalue weighted by Gasteiger charge is 2.31. The van der Waals surface area contributed by atoms with Crippen LogP contribution in [0.5, 0.6) is 17.2 Å². The van der Waals surface area contributed by atoms with E-state index in [-0.39, 0.29) is 47.6 Å². The Hall–Kier alpha value is -4.58. The molecule has 6 aliphatic rings. The van der Waals surface area contributed by atoms with Crippen LogP contribution in [0, 0.1) is 20.2 Å². The van der Waals surface area contributed by atoms with Crippen LogP contribution in [0.1, 0.15) is 71.9 Å². The van der Waals surface area contributed by atoms with Crippen LogP contribution in [0.15, 0.2) is 23.9 Å². The number of ketones is 1. The van der Waals surface area contributed by atoms with Gasteiger partial charge in [-0.15, -0.1) is 0 Å². The minimum Gasteiger partial charge on any atom is -0.494 e. The third-order valence-electron chi connectivity index (χ3n) is 15.2. The lowest BCUT2D eigenvalue weighted by atomic mass is 9.98. The molecule has 0 unspecified atom stereocenters. The molecule has 23 heteroatoms. The van der Waals surface area contributed by atoms with Crippen LogP contribution in [-0.2, 0) is 36.9 Å². The number of nitrogens with two attached hydrogens (primary N) is 1. The lowest BCUT2D eigenvalue weighted by molar-refractivity contribution is -0.385. The second-order valence-electron chi connectivity index (χ2n) is 19.9. The van der Waals surface area contributed by atoms with Gasteiger partial charge in [0, 0.05) is 162 Å². The maximum Gasteiger partial charge on any atom is 0.312 e. The van der Waals surface area contributed by atoms with E-state index in [4.69, 9.17) is 70.1 Å². The third-order valence-corrected chi connectivity index (χ3v) is 16.2. The molecule has 0 radical (unpaired) electrons. The van der Waals surface area contributed by atoms with Gasteiger partial charge >= 0.3 is 11.4 Å². The van der Waals surface area contributed by atoms with Crippen molar-refractivity contribution in [2.24, 2.45) is 0 Å². The van der Waals surface area contributed by atoms with Gasteiger partial charge in [0.15, 0.2) is 5.75 Å². The van der Waals surface area contributed by atoms with Gasteiger partial charge in [0.1, 0.15) is 11.5 Å². The molecule has 6 N–H and O–H groups in total. The van der Waals surface area contributed by atoms with Crippen molar-refractivity contribution < 1.29 is 44.2 Å². The van der Waals surface area contributed by atoms with Crippen molar-refractivity contribution in [2.45, 2.75) is 76.7 Å². The van der Waals surface area contributed by atoms with E-state index in [2.05, 4.69) is 35.9 Å². The predicted octanol–water partition coefficient (Wildman–Crippen LogP) is 5.92. The lowest BCUT2D eigenvalue weighted by Gasteiger charge is -2.39. The summed E-state index contributed by atoms with van der Waals surface area (Å²) in [5.41, 5.74) is 13.1. The lowest BCUT2D eigenvalue weighted by Crippen LogP contribution is -2.51. The number of Topliss-reactive ketones (excluding diaryl/α,β-unsaturated/α-hetero) is 1. The summed E-state index contributed by atoms with van der Waals surface area (Å²) in [6, 6.07) is 5.00. The number of nitrogen functional groups attached to an aromatic ring is 1. The van der Waals surface area contributed by atoms with E-state index in [0.29, 0.717) is 72.5 Å². The van der Waals surface area contributed by atoms with E-state index in [1.54, 1.807) is 7.11 Å². The molecule has 0 spiro atoms. The molecule has 0 aromatic heterocycles. The molecule has 3 fully saturated rings. The number of carbonyl (C=O) groups excluding carboxylic acids is 1. The number of nitrogens with one attached hydrogen (secondary N) is 1. The van der Waals surface area contributed by atoms with Crippen molar-refractivity contribution in [1.29, 1.82) is 0 Å². The predicted molar refractivity (Wildman–Crippen MR) is 301 cm³/mol. The molecule has 3 aliphatic carbocycles. The Bertz CT molecular complexity index is 2500. The Kier molecular flexibility index (Phi) is 24.6. The highest BCUT2D eigenvalue weighted by atomic mass is 35.5. The molecule has 3 saturated heterocycles. The quantitative estimate of drug-likeness (QED) is 0.0577. The topological polar surface area (TPSA) is 246 Å². The number of hydrogen-bond acceptors (Lipinski definition) is 18. The fourth-order valence-electron chi connectivity index (χ4n) is 11.3. The summed E-state index contributed by atoms with van der Waals surface area (Å²) in [5, 5.41) is 53.7. The van der Waals surface area contributed by atoms with Crippen molar-refractivity contribution in [3.63, 3.8) is 0 Å². The first-order valence-corrected chi connectivity index (χ1v) is 27.9. The van der Waals surface area contributed by atoms with E-state index in [1.165, 1.54) is 49.6 Å². The molecule has 0 amide bonds. The summed E-state index contributed by atoms with van der Waals surface area (Å²) in [5.74, 6) is 1.46. The van der Waals surface area contributed by atoms with E-state index in [9.17, 15) is 25.0 Å². The number of anilines is 1. The molecule has 20 nitrogen and oxygen atoms in total.